The summed E-state index contributed by atoms with van der Waals surface area (Å²) in [6, 6.07) is 6.73. The highest BCUT2D eigenvalue weighted by Crippen LogP contribution is 2.22. The Balaban J connectivity index is 1.98. The smallest absolute Gasteiger partial charge is 0.339 e. The molecule has 0 amide bonds. The Labute approximate surface area is 138 Å². The van der Waals surface area contributed by atoms with Crippen LogP contribution in [0.1, 0.15) is 79.0 Å². The SMILES string of the molecule is CCCCCOC(=O)c1ccccc1C(=O)OC1CCCCC1. The Morgan fingerprint density at radius 1 is 1.00 bits per heavy atom. The third-order valence-electron chi connectivity index (χ3n) is 4.17. The number of ether oxygens (including phenoxy) is 2. The highest BCUT2D eigenvalue weighted by Gasteiger charge is 2.23. The van der Waals surface area contributed by atoms with Gasteiger partial charge in [0.15, 0.2) is 0 Å². The fourth-order valence-corrected chi connectivity index (χ4v) is 2.83. The van der Waals surface area contributed by atoms with Gasteiger partial charge in [0.1, 0.15) is 6.10 Å². The van der Waals surface area contributed by atoms with Gasteiger partial charge in [-0.15, -0.1) is 0 Å². The molecule has 23 heavy (non-hydrogen) atoms. The standard InChI is InChI=1S/C19H26O4/c1-2-3-9-14-22-18(20)16-12-7-8-13-17(16)19(21)23-15-10-5-4-6-11-15/h7-8,12-13,15H,2-6,9-11,14H2,1H3. The van der Waals surface area contributed by atoms with Crippen LogP contribution >= 0.6 is 0 Å². The second-order valence-electron chi connectivity index (χ2n) is 6.05. The van der Waals surface area contributed by atoms with Gasteiger partial charge in [-0.3, -0.25) is 0 Å². The van der Waals surface area contributed by atoms with Gasteiger partial charge in [-0.05, 0) is 44.2 Å². The first-order chi connectivity index (χ1) is 11.2. The van der Waals surface area contributed by atoms with E-state index in [0.717, 1.165) is 44.9 Å². The van der Waals surface area contributed by atoms with Crippen molar-refractivity contribution in [2.24, 2.45) is 0 Å². The van der Waals surface area contributed by atoms with Gasteiger partial charge in [0.2, 0.25) is 0 Å². The van der Waals surface area contributed by atoms with Crippen LogP contribution in [0.5, 0.6) is 0 Å². The molecular weight excluding hydrogens is 292 g/mol. The quantitative estimate of drug-likeness (QED) is 0.548. The number of hydrogen-bond acceptors (Lipinski definition) is 4. The predicted molar refractivity (Wildman–Crippen MR) is 88.5 cm³/mol. The van der Waals surface area contributed by atoms with E-state index in [1.165, 1.54) is 6.42 Å². The van der Waals surface area contributed by atoms with Gasteiger partial charge in [-0.2, -0.15) is 0 Å². The summed E-state index contributed by atoms with van der Waals surface area (Å²) in [6.07, 6.45) is 8.14. The van der Waals surface area contributed by atoms with Crippen LogP contribution in [-0.2, 0) is 9.47 Å². The maximum atomic E-state index is 12.4. The summed E-state index contributed by atoms with van der Waals surface area (Å²) < 4.78 is 10.8. The Bertz CT molecular complexity index is 518. The minimum Gasteiger partial charge on any atom is -0.462 e. The molecule has 0 saturated heterocycles. The molecule has 1 fully saturated rings. The van der Waals surface area contributed by atoms with Gasteiger partial charge in [-0.25, -0.2) is 9.59 Å². The largest absolute Gasteiger partial charge is 0.462 e. The molecule has 1 aliphatic rings. The number of unbranched alkanes of at least 4 members (excludes halogenated alkanes) is 2. The van der Waals surface area contributed by atoms with Crippen molar-refractivity contribution in [1.82, 2.24) is 0 Å². The summed E-state index contributed by atoms with van der Waals surface area (Å²) in [4.78, 5) is 24.6. The molecule has 2 rings (SSSR count). The lowest BCUT2D eigenvalue weighted by atomic mass is 9.97. The summed E-state index contributed by atoms with van der Waals surface area (Å²) in [5.74, 6) is -0.865. The van der Waals surface area contributed by atoms with Gasteiger partial charge < -0.3 is 9.47 Å². The molecule has 1 saturated carbocycles. The van der Waals surface area contributed by atoms with Crippen LogP contribution in [0.25, 0.3) is 0 Å². The summed E-state index contributed by atoms with van der Waals surface area (Å²) in [5.41, 5.74) is 0.600. The average Bonchev–Trinajstić information content (AvgIpc) is 2.59. The Morgan fingerprint density at radius 2 is 1.65 bits per heavy atom. The van der Waals surface area contributed by atoms with Crippen LogP contribution in [0.2, 0.25) is 0 Å². The van der Waals surface area contributed by atoms with Crippen molar-refractivity contribution in [3.8, 4) is 0 Å². The van der Waals surface area contributed by atoms with Crippen LogP contribution in [0.15, 0.2) is 24.3 Å². The topological polar surface area (TPSA) is 52.6 Å². The van der Waals surface area contributed by atoms with E-state index >= 15 is 0 Å². The predicted octanol–water partition coefficient (Wildman–Crippen LogP) is 4.52. The molecule has 126 valence electrons. The minimum atomic E-state index is -0.447. The maximum absolute atomic E-state index is 12.4. The monoisotopic (exact) mass is 318 g/mol. The molecular formula is C19H26O4. The van der Waals surface area contributed by atoms with E-state index < -0.39 is 11.9 Å². The lowest BCUT2D eigenvalue weighted by molar-refractivity contribution is 0.0203. The van der Waals surface area contributed by atoms with E-state index in [0.29, 0.717) is 17.7 Å². The average molecular weight is 318 g/mol. The number of esters is 2. The second kappa shape index (κ2) is 9.33. The third kappa shape index (κ3) is 5.38. The highest BCUT2D eigenvalue weighted by molar-refractivity contribution is 6.03. The lowest BCUT2D eigenvalue weighted by Crippen LogP contribution is -2.22. The highest BCUT2D eigenvalue weighted by atomic mass is 16.5. The van der Waals surface area contributed by atoms with Crippen molar-refractivity contribution >= 4 is 11.9 Å². The summed E-state index contributed by atoms with van der Waals surface area (Å²) >= 11 is 0. The van der Waals surface area contributed by atoms with Gasteiger partial charge in [-0.1, -0.05) is 38.3 Å². The molecule has 0 heterocycles. The first-order valence-corrected chi connectivity index (χ1v) is 8.69. The number of hydrogen-bond donors (Lipinski definition) is 0. The number of carbonyl (C=O) groups is 2. The van der Waals surface area contributed by atoms with Crippen LogP contribution in [-0.4, -0.2) is 24.6 Å². The third-order valence-corrected chi connectivity index (χ3v) is 4.17. The van der Waals surface area contributed by atoms with Crippen molar-refractivity contribution in [3.63, 3.8) is 0 Å². The molecule has 0 atom stereocenters. The Hall–Kier alpha value is -1.84. The molecule has 0 N–H and O–H groups in total. The molecule has 0 aromatic heterocycles. The summed E-state index contributed by atoms with van der Waals surface area (Å²) in [7, 11) is 0. The fraction of sp³-hybridized carbons (Fsp3) is 0.579. The van der Waals surface area contributed by atoms with E-state index in [9.17, 15) is 9.59 Å². The van der Waals surface area contributed by atoms with Gasteiger partial charge in [0.05, 0.1) is 17.7 Å². The molecule has 4 nitrogen and oxygen atoms in total. The Kier molecular flexibility index (Phi) is 7.11. The first-order valence-electron chi connectivity index (χ1n) is 8.69. The lowest BCUT2D eigenvalue weighted by Gasteiger charge is -2.22. The summed E-state index contributed by atoms with van der Waals surface area (Å²) in [6.45, 7) is 2.48. The van der Waals surface area contributed by atoms with E-state index in [-0.39, 0.29) is 6.10 Å². The molecule has 0 bridgehead atoms. The molecule has 1 aliphatic carbocycles. The maximum Gasteiger partial charge on any atom is 0.339 e. The van der Waals surface area contributed by atoms with Gasteiger partial charge in [0.25, 0.3) is 0 Å². The van der Waals surface area contributed by atoms with Crippen LogP contribution < -0.4 is 0 Å². The van der Waals surface area contributed by atoms with Crippen LogP contribution in [0.4, 0.5) is 0 Å². The molecule has 4 heteroatoms. The Morgan fingerprint density at radius 3 is 2.30 bits per heavy atom. The minimum absolute atomic E-state index is 0.0233. The van der Waals surface area contributed by atoms with Crippen LogP contribution in [0.3, 0.4) is 0 Å². The van der Waals surface area contributed by atoms with Crippen molar-refractivity contribution in [2.75, 3.05) is 6.61 Å². The molecule has 0 spiro atoms. The number of rotatable bonds is 7. The van der Waals surface area contributed by atoms with Crippen molar-refractivity contribution < 1.29 is 19.1 Å². The number of benzene rings is 1. The van der Waals surface area contributed by atoms with Gasteiger partial charge in [0, 0.05) is 0 Å². The molecule has 0 unspecified atom stereocenters. The zero-order valence-electron chi connectivity index (χ0n) is 13.9. The second-order valence-corrected chi connectivity index (χ2v) is 6.05. The van der Waals surface area contributed by atoms with Crippen LogP contribution in [0, 0.1) is 0 Å². The van der Waals surface area contributed by atoms with E-state index in [2.05, 4.69) is 6.92 Å². The van der Waals surface area contributed by atoms with Crippen molar-refractivity contribution in [3.05, 3.63) is 35.4 Å². The van der Waals surface area contributed by atoms with E-state index in [4.69, 9.17) is 9.47 Å². The van der Waals surface area contributed by atoms with Gasteiger partial charge >= 0.3 is 11.9 Å². The van der Waals surface area contributed by atoms with Crippen molar-refractivity contribution in [2.45, 2.75) is 64.4 Å². The summed E-state index contributed by atoms with van der Waals surface area (Å²) in [5, 5.41) is 0. The molecule has 1 aromatic carbocycles. The van der Waals surface area contributed by atoms with E-state index in [1.54, 1.807) is 24.3 Å². The zero-order chi connectivity index (χ0) is 16.5. The molecule has 1 aromatic rings. The van der Waals surface area contributed by atoms with Crippen molar-refractivity contribution in [1.29, 1.82) is 0 Å². The fourth-order valence-electron chi connectivity index (χ4n) is 2.83. The molecule has 0 aliphatic heterocycles. The normalized spacial score (nSPS) is 15.2. The number of carbonyl (C=O) groups excluding carboxylic acids is 2. The van der Waals surface area contributed by atoms with E-state index in [1.807, 2.05) is 0 Å². The molecule has 0 radical (unpaired) electrons. The first kappa shape index (κ1) is 17.5. The zero-order valence-corrected chi connectivity index (χ0v) is 13.9.